The molecule has 3 aromatic rings. The summed E-state index contributed by atoms with van der Waals surface area (Å²) in [6.07, 6.45) is 0.349. The zero-order valence-corrected chi connectivity index (χ0v) is 16.4. The molecule has 144 valence electrons. The van der Waals surface area contributed by atoms with Crippen molar-refractivity contribution in [1.82, 2.24) is 0 Å². The second kappa shape index (κ2) is 9.09. The Morgan fingerprint density at radius 1 is 0.821 bits per heavy atom. The molecule has 0 radical (unpaired) electrons. The summed E-state index contributed by atoms with van der Waals surface area (Å²) in [5, 5.41) is 3.48. The van der Waals surface area contributed by atoms with E-state index in [1.165, 1.54) is 0 Å². The van der Waals surface area contributed by atoms with Crippen molar-refractivity contribution in [2.24, 2.45) is 0 Å². The Hall–Kier alpha value is -3.27. The highest BCUT2D eigenvalue weighted by atomic mass is 16.5. The Labute approximate surface area is 166 Å². The van der Waals surface area contributed by atoms with E-state index in [1.54, 1.807) is 14.2 Å². The average molecular weight is 375 g/mol. The van der Waals surface area contributed by atoms with Crippen LogP contribution in [0, 0.1) is 6.92 Å². The molecule has 0 bridgehead atoms. The molecule has 1 unspecified atom stereocenters. The van der Waals surface area contributed by atoms with Gasteiger partial charge in [-0.2, -0.15) is 0 Å². The summed E-state index contributed by atoms with van der Waals surface area (Å²) in [6, 6.07) is 23.0. The molecule has 0 aliphatic carbocycles. The van der Waals surface area contributed by atoms with E-state index in [2.05, 4.69) is 5.32 Å². The number of carbonyl (C=O) groups excluding carboxylic acids is 1. The molecule has 1 N–H and O–H groups in total. The maximum absolute atomic E-state index is 12.9. The fourth-order valence-corrected chi connectivity index (χ4v) is 3.02. The third-order valence-corrected chi connectivity index (χ3v) is 4.71. The highest BCUT2D eigenvalue weighted by Crippen LogP contribution is 2.27. The smallest absolute Gasteiger partial charge is 0.165 e. The summed E-state index contributed by atoms with van der Waals surface area (Å²) in [7, 11) is 3.28. The maximum Gasteiger partial charge on any atom is 0.165 e. The van der Waals surface area contributed by atoms with E-state index >= 15 is 0 Å². The minimum absolute atomic E-state index is 0.0989. The summed E-state index contributed by atoms with van der Waals surface area (Å²) in [5.41, 5.74) is 3.82. The lowest BCUT2D eigenvalue weighted by Crippen LogP contribution is -2.16. The standard InChI is InChI=1S/C24H25NO3/c1-17-4-6-19(7-5-17)24(26)16-23(18-8-12-21(27-2)13-9-18)25-20-10-14-22(28-3)15-11-20/h4-15,23,25H,16H2,1-3H3. The number of ether oxygens (including phenoxy) is 2. The van der Waals surface area contributed by atoms with Crippen molar-refractivity contribution in [1.29, 1.82) is 0 Å². The fourth-order valence-electron chi connectivity index (χ4n) is 3.02. The SMILES string of the molecule is COc1ccc(NC(CC(=O)c2ccc(C)cc2)c2ccc(OC)cc2)cc1. The van der Waals surface area contributed by atoms with Crippen LogP contribution in [0.25, 0.3) is 0 Å². The van der Waals surface area contributed by atoms with Gasteiger partial charge < -0.3 is 14.8 Å². The molecule has 0 amide bonds. The van der Waals surface area contributed by atoms with Crippen LogP contribution in [0.1, 0.15) is 33.9 Å². The average Bonchev–Trinajstić information content (AvgIpc) is 2.74. The van der Waals surface area contributed by atoms with Gasteiger partial charge in [0.2, 0.25) is 0 Å². The van der Waals surface area contributed by atoms with Crippen molar-refractivity contribution in [2.45, 2.75) is 19.4 Å². The molecular weight excluding hydrogens is 350 g/mol. The lowest BCUT2D eigenvalue weighted by atomic mass is 9.97. The van der Waals surface area contributed by atoms with E-state index in [1.807, 2.05) is 79.7 Å². The van der Waals surface area contributed by atoms with E-state index in [-0.39, 0.29) is 11.8 Å². The van der Waals surface area contributed by atoms with E-state index in [0.29, 0.717) is 6.42 Å². The molecule has 0 aliphatic heterocycles. The maximum atomic E-state index is 12.9. The van der Waals surface area contributed by atoms with Gasteiger partial charge in [0.05, 0.1) is 20.3 Å². The molecule has 3 rings (SSSR count). The number of anilines is 1. The first-order valence-electron chi connectivity index (χ1n) is 9.23. The first-order chi connectivity index (χ1) is 13.6. The van der Waals surface area contributed by atoms with Crippen LogP contribution in [0.3, 0.4) is 0 Å². The fraction of sp³-hybridized carbons (Fsp3) is 0.208. The second-order valence-corrected chi connectivity index (χ2v) is 6.69. The number of nitrogens with one attached hydrogen (secondary N) is 1. The number of aryl methyl sites for hydroxylation is 1. The topological polar surface area (TPSA) is 47.6 Å². The van der Waals surface area contributed by atoms with Crippen LogP contribution in [0.2, 0.25) is 0 Å². The monoisotopic (exact) mass is 375 g/mol. The van der Waals surface area contributed by atoms with Gasteiger partial charge in [0.25, 0.3) is 0 Å². The highest BCUT2D eigenvalue weighted by Gasteiger charge is 2.18. The number of rotatable bonds is 8. The molecule has 0 fully saturated rings. The van der Waals surface area contributed by atoms with Gasteiger partial charge in [0.1, 0.15) is 11.5 Å². The molecule has 0 saturated heterocycles. The minimum Gasteiger partial charge on any atom is -0.497 e. The number of hydrogen-bond acceptors (Lipinski definition) is 4. The van der Waals surface area contributed by atoms with Crippen LogP contribution in [-0.4, -0.2) is 20.0 Å². The van der Waals surface area contributed by atoms with Crippen LogP contribution in [0.5, 0.6) is 11.5 Å². The van der Waals surface area contributed by atoms with Crippen LogP contribution < -0.4 is 14.8 Å². The van der Waals surface area contributed by atoms with Crippen LogP contribution in [0.15, 0.2) is 72.8 Å². The number of ketones is 1. The van der Waals surface area contributed by atoms with Crippen LogP contribution >= 0.6 is 0 Å². The minimum atomic E-state index is -0.159. The third kappa shape index (κ3) is 4.92. The van der Waals surface area contributed by atoms with Crippen molar-refractivity contribution in [3.63, 3.8) is 0 Å². The lowest BCUT2D eigenvalue weighted by molar-refractivity contribution is 0.0976. The number of hydrogen-bond donors (Lipinski definition) is 1. The van der Waals surface area contributed by atoms with Crippen LogP contribution in [-0.2, 0) is 0 Å². The normalized spacial score (nSPS) is 11.5. The van der Waals surface area contributed by atoms with Crippen molar-refractivity contribution >= 4 is 11.5 Å². The van der Waals surface area contributed by atoms with Crippen molar-refractivity contribution in [3.05, 3.63) is 89.5 Å². The molecule has 0 saturated carbocycles. The van der Waals surface area contributed by atoms with E-state index < -0.39 is 0 Å². The van der Waals surface area contributed by atoms with Gasteiger partial charge in [-0.15, -0.1) is 0 Å². The Kier molecular flexibility index (Phi) is 6.33. The van der Waals surface area contributed by atoms with Gasteiger partial charge in [0.15, 0.2) is 5.78 Å². The second-order valence-electron chi connectivity index (χ2n) is 6.69. The predicted octanol–water partition coefficient (Wildman–Crippen LogP) is 5.44. The molecule has 0 heterocycles. The number of Topliss-reactive ketones (excluding diaryl/α,β-unsaturated/α-hetero) is 1. The molecule has 0 spiro atoms. The molecule has 3 aromatic carbocycles. The van der Waals surface area contributed by atoms with Crippen molar-refractivity contribution in [3.8, 4) is 11.5 Å². The lowest BCUT2D eigenvalue weighted by Gasteiger charge is -2.20. The molecule has 4 nitrogen and oxygen atoms in total. The van der Waals surface area contributed by atoms with Gasteiger partial charge in [0, 0.05) is 17.7 Å². The summed E-state index contributed by atoms with van der Waals surface area (Å²) in [4.78, 5) is 12.9. The number of methoxy groups -OCH3 is 2. The van der Waals surface area contributed by atoms with Crippen molar-refractivity contribution in [2.75, 3.05) is 19.5 Å². The van der Waals surface area contributed by atoms with E-state index in [0.717, 1.165) is 33.9 Å². The van der Waals surface area contributed by atoms with Gasteiger partial charge in [-0.1, -0.05) is 42.0 Å². The van der Waals surface area contributed by atoms with Gasteiger partial charge in [-0.25, -0.2) is 0 Å². The highest BCUT2D eigenvalue weighted by molar-refractivity contribution is 5.96. The zero-order valence-electron chi connectivity index (χ0n) is 16.4. The largest absolute Gasteiger partial charge is 0.497 e. The summed E-state index contributed by atoms with van der Waals surface area (Å²) >= 11 is 0. The Morgan fingerprint density at radius 2 is 1.36 bits per heavy atom. The number of carbonyl (C=O) groups is 1. The molecule has 0 aliphatic rings. The first kappa shape index (κ1) is 19.5. The van der Waals surface area contributed by atoms with Crippen molar-refractivity contribution < 1.29 is 14.3 Å². The summed E-state index contributed by atoms with van der Waals surface area (Å²) in [6.45, 7) is 2.01. The summed E-state index contributed by atoms with van der Waals surface area (Å²) < 4.78 is 10.5. The van der Waals surface area contributed by atoms with E-state index in [9.17, 15) is 4.79 Å². The Morgan fingerprint density at radius 3 is 1.89 bits per heavy atom. The Balaban J connectivity index is 1.83. The molecule has 28 heavy (non-hydrogen) atoms. The molecule has 1 atom stereocenters. The molecule has 4 heteroatoms. The van der Waals surface area contributed by atoms with Gasteiger partial charge >= 0.3 is 0 Å². The predicted molar refractivity (Wildman–Crippen MR) is 112 cm³/mol. The quantitative estimate of drug-likeness (QED) is 0.533. The molecule has 0 aromatic heterocycles. The molecular formula is C24H25NO3. The Bertz CT molecular complexity index is 900. The van der Waals surface area contributed by atoms with Gasteiger partial charge in [-0.05, 0) is 48.9 Å². The van der Waals surface area contributed by atoms with E-state index in [4.69, 9.17) is 9.47 Å². The summed E-state index contributed by atoms with van der Waals surface area (Å²) in [5.74, 6) is 1.68. The number of benzene rings is 3. The van der Waals surface area contributed by atoms with Gasteiger partial charge in [-0.3, -0.25) is 4.79 Å². The van der Waals surface area contributed by atoms with Crippen LogP contribution in [0.4, 0.5) is 5.69 Å². The third-order valence-electron chi connectivity index (χ3n) is 4.71. The zero-order chi connectivity index (χ0) is 19.9. The first-order valence-corrected chi connectivity index (χ1v) is 9.23.